The number of ether oxygens (including phenoxy) is 1. The van der Waals surface area contributed by atoms with Gasteiger partial charge in [0.1, 0.15) is 6.54 Å². The molecule has 140 valence electrons. The van der Waals surface area contributed by atoms with E-state index in [1.54, 1.807) is 0 Å². The van der Waals surface area contributed by atoms with Crippen molar-refractivity contribution in [2.45, 2.75) is 20.4 Å². The maximum atomic E-state index is 12.4. The van der Waals surface area contributed by atoms with Crippen molar-refractivity contribution in [3.8, 4) is 11.4 Å². The summed E-state index contributed by atoms with van der Waals surface area (Å²) < 4.78 is 4.99. The van der Waals surface area contributed by atoms with Gasteiger partial charge in [-0.1, -0.05) is 48.0 Å². The number of hydrogen-bond acceptors (Lipinski definition) is 6. The summed E-state index contributed by atoms with van der Waals surface area (Å²) in [6, 6.07) is 15.6. The molecule has 0 aliphatic rings. The Hall–Kier alpha value is -3.61. The van der Waals surface area contributed by atoms with E-state index in [-0.39, 0.29) is 6.54 Å². The van der Waals surface area contributed by atoms with Crippen LogP contribution in [0.2, 0.25) is 0 Å². The number of benzene rings is 2. The first-order valence-corrected chi connectivity index (χ1v) is 8.88. The van der Waals surface area contributed by atoms with E-state index in [0.717, 1.165) is 27.6 Å². The van der Waals surface area contributed by atoms with Gasteiger partial charge in [-0.3, -0.25) is 0 Å². The number of tetrazole rings is 1. The van der Waals surface area contributed by atoms with Crippen LogP contribution in [0, 0.1) is 13.8 Å². The molecule has 0 fully saturated rings. The first kappa shape index (κ1) is 17.8. The number of carbonyl (C=O) groups excluding carboxylic acids is 1. The van der Waals surface area contributed by atoms with Gasteiger partial charge in [0.15, 0.2) is 0 Å². The van der Waals surface area contributed by atoms with Gasteiger partial charge in [-0.2, -0.15) is 4.80 Å². The first-order valence-electron chi connectivity index (χ1n) is 8.88. The predicted octanol–water partition coefficient (Wildman–Crippen LogP) is 3.34. The van der Waals surface area contributed by atoms with Crippen LogP contribution in [0.4, 0.5) is 0 Å². The summed E-state index contributed by atoms with van der Waals surface area (Å²) in [6.07, 6.45) is 0. The zero-order valence-corrected chi connectivity index (χ0v) is 15.9. The third-order valence-corrected chi connectivity index (χ3v) is 4.67. The number of rotatable bonds is 4. The molecule has 0 amide bonds. The molecular weight excluding hydrogens is 354 g/mol. The highest BCUT2D eigenvalue weighted by molar-refractivity contribution is 5.98. The van der Waals surface area contributed by atoms with Gasteiger partial charge < -0.3 is 4.74 Å². The SMILES string of the molecule is COC(=O)c1c(Cn2nnc(-c3ccc(C)cc3)n2)nc2ccccc2c1C. The van der Waals surface area contributed by atoms with Gasteiger partial charge >= 0.3 is 5.97 Å². The van der Waals surface area contributed by atoms with E-state index in [4.69, 9.17) is 4.74 Å². The Balaban J connectivity index is 1.75. The summed E-state index contributed by atoms with van der Waals surface area (Å²) >= 11 is 0. The molecule has 28 heavy (non-hydrogen) atoms. The zero-order chi connectivity index (χ0) is 19.7. The molecule has 0 radical (unpaired) electrons. The molecule has 2 heterocycles. The quantitative estimate of drug-likeness (QED) is 0.510. The van der Waals surface area contributed by atoms with E-state index < -0.39 is 5.97 Å². The molecule has 0 bridgehead atoms. The van der Waals surface area contributed by atoms with Gasteiger partial charge in [0.05, 0.1) is 23.9 Å². The van der Waals surface area contributed by atoms with Crippen LogP contribution in [-0.2, 0) is 11.3 Å². The molecule has 0 spiro atoms. The largest absolute Gasteiger partial charge is 0.465 e. The highest BCUT2D eigenvalue weighted by Crippen LogP contribution is 2.24. The van der Waals surface area contributed by atoms with Crippen LogP contribution >= 0.6 is 0 Å². The third-order valence-electron chi connectivity index (χ3n) is 4.67. The minimum absolute atomic E-state index is 0.217. The molecule has 0 unspecified atom stereocenters. The molecule has 2 aromatic heterocycles. The van der Waals surface area contributed by atoms with Crippen LogP contribution in [0.5, 0.6) is 0 Å². The first-order chi connectivity index (χ1) is 13.6. The van der Waals surface area contributed by atoms with Crippen molar-refractivity contribution in [3.05, 3.63) is 70.9 Å². The standard InChI is InChI=1S/C21H19N5O2/c1-13-8-10-15(11-9-13)20-23-25-26(24-20)12-18-19(21(27)28-3)14(2)16-6-4-5-7-17(16)22-18/h4-11H,12H2,1-3H3. The molecule has 2 aromatic carbocycles. The Bertz CT molecular complexity index is 1170. The minimum atomic E-state index is -0.426. The lowest BCUT2D eigenvalue weighted by molar-refractivity contribution is 0.0598. The smallest absolute Gasteiger partial charge is 0.340 e. The maximum Gasteiger partial charge on any atom is 0.340 e. The van der Waals surface area contributed by atoms with E-state index in [2.05, 4.69) is 20.4 Å². The Morgan fingerprint density at radius 2 is 1.82 bits per heavy atom. The molecule has 0 N–H and O–H groups in total. The summed E-state index contributed by atoms with van der Waals surface area (Å²) in [4.78, 5) is 18.5. The Labute approximate surface area is 162 Å². The zero-order valence-electron chi connectivity index (χ0n) is 15.9. The summed E-state index contributed by atoms with van der Waals surface area (Å²) in [6.45, 7) is 4.14. The molecule has 4 rings (SSSR count). The summed E-state index contributed by atoms with van der Waals surface area (Å²) in [5.74, 6) is 0.0988. The molecular formula is C21H19N5O2. The molecule has 7 heteroatoms. The van der Waals surface area contributed by atoms with E-state index in [1.807, 2.05) is 62.4 Å². The van der Waals surface area contributed by atoms with Crippen molar-refractivity contribution in [1.82, 2.24) is 25.2 Å². The van der Waals surface area contributed by atoms with Crippen molar-refractivity contribution < 1.29 is 9.53 Å². The van der Waals surface area contributed by atoms with Crippen LogP contribution < -0.4 is 0 Å². The fourth-order valence-corrected chi connectivity index (χ4v) is 3.19. The number of esters is 1. The predicted molar refractivity (Wildman–Crippen MR) is 105 cm³/mol. The van der Waals surface area contributed by atoms with Crippen LogP contribution in [0.25, 0.3) is 22.3 Å². The average molecular weight is 373 g/mol. The van der Waals surface area contributed by atoms with Crippen LogP contribution in [0.1, 0.15) is 27.2 Å². The topological polar surface area (TPSA) is 82.8 Å². The lowest BCUT2D eigenvalue weighted by Crippen LogP contribution is -2.15. The molecule has 0 aliphatic carbocycles. The number of para-hydroxylation sites is 1. The van der Waals surface area contributed by atoms with Gasteiger partial charge in [-0.15, -0.1) is 10.2 Å². The molecule has 0 aliphatic heterocycles. The number of methoxy groups -OCH3 is 1. The van der Waals surface area contributed by atoms with Gasteiger partial charge in [0.2, 0.25) is 5.82 Å². The minimum Gasteiger partial charge on any atom is -0.465 e. The molecule has 0 saturated heterocycles. The number of aryl methyl sites for hydroxylation is 2. The van der Waals surface area contributed by atoms with Gasteiger partial charge in [-0.05, 0) is 30.7 Å². The Morgan fingerprint density at radius 1 is 1.07 bits per heavy atom. The van der Waals surface area contributed by atoms with E-state index in [1.165, 1.54) is 11.9 Å². The summed E-state index contributed by atoms with van der Waals surface area (Å²) in [7, 11) is 1.37. The number of hydrogen-bond donors (Lipinski definition) is 0. The Morgan fingerprint density at radius 3 is 2.57 bits per heavy atom. The van der Waals surface area contributed by atoms with Crippen molar-refractivity contribution in [2.24, 2.45) is 0 Å². The van der Waals surface area contributed by atoms with Gasteiger partial charge in [0, 0.05) is 10.9 Å². The lowest BCUT2D eigenvalue weighted by Gasteiger charge is -2.12. The van der Waals surface area contributed by atoms with Crippen molar-refractivity contribution in [2.75, 3.05) is 7.11 Å². The monoisotopic (exact) mass is 373 g/mol. The number of aromatic nitrogens is 5. The van der Waals surface area contributed by atoms with Crippen LogP contribution in [0.15, 0.2) is 48.5 Å². The third kappa shape index (κ3) is 3.22. The molecule has 7 nitrogen and oxygen atoms in total. The summed E-state index contributed by atoms with van der Waals surface area (Å²) in [5, 5.41) is 13.6. The van der Waals surface area contributed by atoms with Crippen LogP contribution in [0.3, 0.4) is 0 Å². The average Bonchev–Trinajstić information content (AvgIpc) is 3.17. The molecule has 4 aromatic rings. The second-order valence-corrected chi connectivity index (χ2v) is 6.58. The molecule has 0 saturated carbocycles. The molecule has 0 atom stereocenters. The van der Waals surface area contributed by atoms with Crippen molar-refractivity contribution >= 4 is 16.9 Å². The van der Waals surface area contributed by atoms with Crippen molar-refractivity contribution in [1.29, 1.82) is 0 Å². The highest BCUT2D eigenvalue weighted by atomic mass is 16.5. The van der Waals surface area contributed by atoms with E-state index in [9.17, 15) is 4.79 Å². The fraction of sp³-hybridized carbons (Fsp3) is 0.190. The summed E-state index contributed by atoms with van der Waals surface area (Å²) in [5.41, 5.74) is 4.67. The Kier molecular flexibility index (Phi) is 4.57. The highest BCUT2D eigenvalue weighted by Gasteiger charge is 2.20. The van der Waals surface area contributed by atoms with E-state index >= 15 is 0 Å². The van der Waals surface area contributed by atoms with E-state index in [0.29, 0.717) is 17.1 Å². The van der Waals surface area contributed by atoms with Crippen LogP contribution in [-0.4, -0.2) is 38.3 Å². The second kappa shape index (κ2) is 7.19. The fourth-order valence-electron chi connectivity index (χ4n) is 3.19. The number of pyridine rings is 1. The maximum absolute atomic E-state index is 12.4. The number of fused-ring (bicyclic) bond motifs is 1. The number of nitrogens with zero attached hydrogens (tertiary/aromatic N) is 5. The second-order valence-electron chi connectivity index (χ2n) is 6.58. The van der Waals surface area contributed by atoms with Crippen molar-refractivity contribution in [3.63, 3.8) is 0 Å². The number of carbonyl (C=O) groups is 1. The van der Waals surface area contributed by atoms with Gasteiger partial charge in [-0.25, -0.2) is 9.78 Å². The lowest BCUT2D eigenvalue weighted by atomic mass is 10.0. The van der Waals surface area contributed by atoms with Gasteiger partial charge in [0.25, 0.3) is 0 Å². The normalized spacial score (nSPS) is 11.0.